The van der Waals surface area contributed by atoms with E-state index < -0.39 is 0 Å². The topological polar surface area (TPSA) is 39.1 Å². The van der Waals surface area contributed by atoms with Gasteiger partial charge in [0.2, 0.25) is 5.95 Å². The Morgan fingerprint density at radius 2 is 2.20 bits per heavy atom. The molecule has 1 rings (SSSR count). The van der Waals surface area contributed by atoms with Crippen LogP contribution < -0.4 is 5.32 Å². The molecule has 0 saturated carbocycles. The quantitative estimate of drug-likeness (QED) is 0.758. The molecule has 0 atom stereocenters. The second kappa shape index (κ2) is 5.16. The third-order valence-corrected chi connectivity index (χ3v) is 1.95. The van der Waals surface area contributed by atoms with Crippen molar-refractivity contribution in [3.05, 3.63) is 12.4 Å². The maximum atomic E-state index is 5.03. The van der Waals surface area contributed by atoms with E-state index in [-0.39, 0.29) is 5.54 Å². The fourth-order valence-electron chi connectivity index (χ4n) is 1.33. The van der Waals surface area contributed by atoms with Crippen molar-refractivity contribution in [1.82, 2.24) is 9.55 Å². The third-order valence-electron chi connectivity index (χ3n) is 1.95. The highest BCUT2D eigenvalue weighted by Gasteiger charge is 2.12. The first-order valence-electron chi connectivity index (χ1n) is 5.31. The Kier molecular flexibility index (Phi) is 4.15. The van der Waals surface area contributed by atoms with Crippen LogP contribution in [0.15, 0.2) is 12.4 Å². The largest absolute Gasteiger partial charge is 0.385 e. The number of ether oxygens (including phenoxy) is 1. The lowest BCUT2D eigenvalue weighted by Crippen LogP contribution is -2.28. The molecule has 0 saturated heterocycles. The number of nitrogens with one attached hydrogen (secondary N) is 1. The minimum absolute atomic E-state index is 0.0460. The molecule has 0 bridgehead atoms. The van der Waals surface area contributed by atoms with E-state index >= 15 is 0 Å². The third kappa shape index (κ3) is 4.34. The van der Waals surface area contributed by atoms with E-state index in [1.54, 1.807) is 7.11 Å². The molecule has 15 heavy (non-hydrogen) atoms. The molecule has 1 aromatic rings. The Morgan fingerprint density at radius 1 is 1.47 bits per heavy atom. The lowest BCUT2D eigenvalue weighted by Gasteiger charge is -2.22. The molecule has 1 heterocycles. The standard InChI is InChI=1S/C11H21N3O/c1-11(2,3)13-10-12-6-8-14(10)7-5-9-15-4/h6,8H,5,7,9H2,1-4H3,(H,12,13). The predicted molar refractivity (Wildman–Crippen MR) is 62.1 cm³/mol. The second-order valence-corrected chi connectivity index (χ2v) is 4.67. The van der Waals surface area contributed by atoms with E-state index in [4.69, 9.17) is 4.74 Å². The molecule has 0 aromatic carbocycles. The van der Waals surface area contributed by atoms with E-state index in [0.29, 0.717) is 0 Å². The van der Waals surface area contributed by atoms with Gasteiger partial charge < -0.3 is 14.6 Å². The van der Waals surface area contributed by atoms with E-state index in [0.717, 1.165) is 25.5 Å². The van der Waals surface area contributed by atoms with Gasteiger partial charge in [-0.05, 0) is 27.2 Å². The first-order valence-corrected chi connectivity index (χ1v) is 5.31. The second-order valence-electron chi connectivity index (χ2n) is 4.67. The van der Waals surface area contributed by atoms with Crippen LogP contribution in [0.1, 0.15) is 27.2 Å². The van der Waals surface area contributed by atoms with Gasteiger partial charge in [-0.2, -0.15) is 0 Å². The van der Waals surface area contributed by atoms with Crippen molar-refractivity contribution in [3.63, 3.8) is 0 Å². The summed E-state index contributed by atoms with van der Waals surface area (Å²) in [6, 6.07) is 0. The number of aryl methyl sites for hydroxylation is 1. The zero-order valence-electron chi connectivity index (χ0n) is 10.1. The molecule has 0 radical (unpaired) electrons. The van der Waals surface area contributed by atoms with Crippen LogP contribution in [0.25, 0.3) is 0 Å². The number of imidazole rings is 1. The molecule has 0 aliphatic carbocycles. The molecule has 0 spiro atoms. The van der Waals surface area contributed by atoms with Crippen LogP contribution in [0.3, 0.4) is 0 Å². The summed E-state index contributed by atoms with van der Waals surface area (Å²) in [5.74, 6) is 0.929. The zero-order chi connectivity index (χ0) is 11.3. The number of anilines is 1. The van der Waals surface area contributed by atoms with Gasteiger partial charge in [0.1, 0.15) is 0 Å². The van der Waals surface area contributed by atoms with Crippen molar-refractivity contribution in [3.8, 4) is 0 Å². The Balaban J connectivity index is 2.53. The van der Waals surface area contributed by atoms with Crippen molar-refractivity contribution in [2.75, 3.05) is 19.0 Å². The first-order chi connectivity index (χ1) is 7.03. The normalized spacial score (nSPS) is 11.7. The van der Waals surface area contributed by atoms with E-state index in [1.165, 1.54) is 0 Å². The van der Waals surface area contributed by atoms with Crippen molar-refractivity contribution in [2.45, 2.75) is 39.3 Å². The van der Waals surface area contributed by atoms with Crippen LogP contribution in [0.2, 0.25) is 0 Å². The Morgan fingerprint density at radius 3 is 2.80 bits per heavy atom. The van der Waals surface area contributed by atoms with Gasteiger partial charge in [-0.25, -0.2) is 4.98 Å². The summed E-state index contributed by atoms with van der Waals surface area (Å²) in [5, 5.41) is 3.37. The highest BCUT2D eigenvalue weighted by Crippen LogP contribution is 2.12. The molecule has 0 unspecified atom stereocenters. The minimum Gasteiger partial charge on any atom is -0.385 e. The van der Waals surface area contributed by atoms with Crippen LogP contribution in [0.4, 0.5) is 5.95 Å². The Hall–Kier alpha value is -1.03. The average Bonchev–Trinajstić information content (AvgIpc) is 2.50. The van der Waals surface area contributed by atoms with Crippen molar-refractivity contribution < 1.29 is 4.74 Å². The van der Waals surface area contributed by atoms with Gasteiger partial charge in [-0.3, -0.25) is 0 Å². The monoisotopic (exact) mass is 211 g/mol. The Labute approximate surface area is 91.7 Å². The predicted octanol–water partition coefficient (Wildman–Crippen LogP) is 2.13. The summed E-state index contributed by atoms with van der Waals surface area (Å²) in [5.41, 5.74) is 0.0460. The molecule has 86 valence electrons. The molecule has 1 aromatic heterocycles. The smallest absolute Gasteiger partial charge is 0.203 e. The summed E-state index contributed by atoms with van der Waals surface area (Å²) < 4.78 is 7.14. The van der Waals surface area contributed by atoms with Crippen LogP contribution in [-0.4, -0.2) is 28.8 Å². The molecular formula is C11H21N3O. The number of hydrogen-bond acceptors (Lipinski definition) is 3. The van der Waals surface area contributed by atoms with Crippen molar-refractivity contribution >= 4 is 5.95 Å². The summed E-state index contributed by atoms with van der Waals surface area (Å²) in [6.07, 6.45) is 4.82. The number of rotatable bonds is 5. The van der Waals surface area contributed by atoms with Crippen LogP contribution in [0.5, 0.6) is 0 Å². The number of methoxy groups -OCH3 is 1. The fraction of sp³-hybridized carbons (Fsp3) is 0.727. The first kappa shape index (κ1) is 12.0. The zero-order valence-corrected chi connectivity index (χ0v) is 10.1. The van der Waals surface area contributed by atoms with Gasteiger partial charge in [0, 0.05) is 38.2 Å². The highest BCUT2D eigenvalue weighted by atomic mass is 16.5. The number of aromatic nitrogens is 2. The van der Waals surface area contributed by atoms with Crippen LogP contribution in [0, 0.1) is 0 Å². The highest BCUT2D eigenvalue weighted by molar-refractivity contribution is 5.29. The maximum absolute atomic E-state index is 5.03. The number of hydrogen-bond donors (Lipinski definition) is 1. The number of nitrogens with zero attached hydrogens (tertiary/aromatic N) is 2. The van der Waals surface area contributed by atoms with Gasteiger partial charge in [-0.15, -0.1) is 0 Å². The van der Waals surface area contributed by atoms with Gasteiger partial charge >= 0.3 is 0 Å². The molecule has 4 heteroatoms. The molecule has 4 nitrogen and oxygen atoms in total. The molecule has 1 N–H and O–H groups in total. The lowest BCUT2D eigenvalue weighted by molar-refractivity contribution is 0.190. The van der Waals surface area contributed by atoms with Crippen molar-refractivity contribution in [2.24, 2.45) is 0 Å². The summed E-state index contributed by atoms with van der Waals surface area (Å²) in [7, 11) is 1.72. The van der Waals surface area contributed by atoms with Gasteiger partial charge in [0.25, 0.3) is 0 Å². The minimum atomic E-state index is 0.0460. The molecule has 0 amide bonds. The van der Waals surface area contributed by atoms with E-state index in [1.807, 2.05) is 12.4 Å². The molecular weight excluding hydrogens is 190 g/mol. The van der Waals surface area contributed by atoms with Crippen molar-refractivity contribution in [1.29, 1.82) is 0 Å². The van der Waals surface area contributed by atoms with Gasteiger partial charge in [0.15, 0.2) is 0 Å². The average molecular weight is 211 g/mol. The van der Waals surface area contributed by atoms with Crippen LogP contribution >= 0.6 is 0 Å². The van der Waals surface area contributed by atoms with Gasteiger partial charge in [-0.1, -0.05) is 0 Å². The fourth-order valence-corrected chi connectivity index (χ4v) is 1.33. The maximum Gasteiger partial charge on any atom is 0.203 e. The summed E-state index contributed by atoms with van der Waals surface area (Å²) >= 11 is 0. The van der Waals surface area contributed by atoms with E-state index in [2.05, 4.69) is 35.6 Å². The summed E-state index contributed by atoms with van der Waals surface area (Å²) in [4.78, 5) is 4.29. The Bertz CT molecular complexity index is 288. The molecule has 0 fully saturated rings. The summed E-state index contributed by atoms with van der Waals surface area (Å²) in [6.45, 7) is 8.10. The molecule has 0 aliphatic heterocycles. The van der Waals surface area contributed by atoms with Gasteiger partial charge in [0.05, 0.1) is 0 Å². The molecule has 0 aliphatic rings. The lowest BCUT2D eigenvalue weighted by atomic mass is 10.1. The van der Waals surface area contributed by atoms with E-state index in [9.17, 15) is 0 Å². The van der Waals surface area contributed by atoms with Crippen LogP contribution in [-0.2, 0) is 11.3 Å². The SMILES string of the molecule is COCCCn1ccnc1NC(C)(C)C.